The molecule has 3 aliphatic rings. The Morgan fingerprint density at radius 3 is 2.05 bits per heavy atom. The summed E-state index contributed by atoms with van der Waals surface area (Å²) >= 11 is 0. The zero-order valence-electron chi connectivity index (χ0n) is 23.4. The van der Waals surface area contributed by atoms with Gasteiger partial charge in [-0.25, -0.2) is 4.79 Å². The lowest BCUT2D eigenvalue weighted by molar-refractivity contribution is -0.244. The summed E-state index contributed by atoms with van der Waals surface area (Å²) in [6.07, 6.45) is -4.27. The second-order valence-corrected chi connectivity index (χ2v) is 13.2. The van der Waals surface area contributed by atoms with Crippen LogP contribution in [0, 0.1) is 28.6 Å². The largest absolute Gasteiger partial charge is 0.434 e. The fourth-order valence-electron chi connectivity index (χ4n) is 5.41. The highest BCUT2D eigenvalue weighted by Crippen LogP contribution is 2.65. The van der Waals surface area contributed by atoms with Gasteiger partial charge in [-0.2, -0.15) is 13.2 Å². The second-order valence-electron chi connectivity index (χ2n) is 13.2. The molecular weight excluding hydrogens is 521 g/mol. The van der Waals surface area contributed by atoms with Crippen LogP contribution in [-0.2, 0) is 23.9 Å². The molecule has 0 radical (unpaired) electrons. The van der Waals surface area contributed by atoms with E-state index in [4.69, 9.17) is 5.73 Å². The number of ether oxygens (including phenoxy) is 1. The quantitative estimate of drug-likeness (QED) is 0.369. The lowest BCUT2D eigenvalue weighted by Gasteiger charge is -2.38. The van der Waals surface area contributed by atoms with E-state index in [0.29, 0.717) is 13.8 Å². The number of alkyl halides is 3. The molecule has 10 nitrogen and oxygen atoms in total. The Balaban J connectivity index is 1.83. The molecule has 4 amide bonds. The van der Waals surface area contributed by atoms with Gasteiger partial charge in [0.15, 0.2) is 0 Å². The van der Waals surface area contributed by atoms with Crippen LogP contribution < -0.4 is 16.4 Å². The zero-order chi connectivity index (χ0) is 29.9. The number of fused-ring (bicyclic) bond motifs is 1. The van der Waals surface area contributed by atoms with Crippen molar-refractivity contribution >= 4 is 29.6 Å². The molecule has 1 unspecified atom stereocenters. The minimum absolute atomic E-state index is 0.0392. The Kier molecular flexibility index (Phi) is 7.83. The van der Waals surface area contributed by atoms with Gasteiger partial charge in [-0.05, 0) is 48.9 Å². The summed E-state index contributed by atoms with van der Waals surface area (Å²) < 4.78 is 44.4. The maximum atomic E-state index is 13.8. The normalized spacial score (nSPS) is 25.7. The van der Waals surface area contributed by atoms with Crippen LogP contribution in [0.25, 0.3) is 0 Å². The summed E-state index contributed by atoms with van der Waals surface area (Å²) in [7, 11) is 0. The van der Waals surface area contributed by atoms with Crippen molar-refractivity contribution in [1.82, 2.24) is 15.5 Å². The van der Waals surface area contributed by atoms with Gasteiger partial charge >= 0.3 is 12.3 Å². The highest BCUT2D eigenvalue weighted by Gasteiger charge is 2.70. The highest BCUT2D eigenvalue weighted by molar-refractivity contribution is 6.37. The Morgan fingerprint density at radius 2 is 1.59 bits per heavy atom. The van der Waals surface area contributed by atoms with Crippen molar-refractivity contribution in [3.63, 3.8) is 0 Å². The van der Waals surface area contributed by atoms with E-state index in [1.165, 1.54) is 4.90 Å². The number of nitrogens with two attached hydrogens (primary N) is 1. The molecule has 13 heteroatoms. The summed E-state index contributed by atoms with van der Waals surface area (Å²) in [5.41, 5.74) is 1.16. The van der Waals surface area contributed by atoms with Crippen molar-refractivity contribution in [3.05, 3.63) is 0 Å². The molecule has 2 aliphatic carbocycles. The smallest absolute Gasteiger partial charge is 0.427 e. The molecule has 0 aromatic rings. The number of hydrogen-bond acceptors (Lipinski definition) is 6. The number of likely N-dealkylation sites (tertiary alicyclic amines) is 1. The van der Waals surface area contributed by atoms with Crippen molar-refractivity contribution in [2.24, 2.45) is 34.3 Å². The van der Waals surface area contributed by atoms with E-state index in [1.54, 1.807) is 20.8 Å². The summed E-state index contributed by atoms with van der Waals surface area (Å²) in [5, 5.41) is 4.92. The number of primary amides is 1. The van der Waals surface area contributed by atoms with Crippen LogP contribution in [0.5, 0.6) is 0 Å². The number of halogens is 3. The van der Waals surface area contributed by atoms with Crippen LogP contribution in [0.3, 0.4) is 0 Å². The molecule has 3 fully saturated rings. The van der Waals surface area contributed by atoms with Crippen molar-refractivity contribution in [2.45, 2.75) is 97.6 Å². The first-order valence-electron chi connectivity index (χ1n) is 13.1. The Morgan fingerprint density at radius 1 is 1.03 bits per heavy atom. The number of rotatable bonds is 9. The Bertz CT molecular complexity index is 1050. The van der Waals surface area contributed by atoms with Gasteiger partial charge in [0.25, 0.3) is 5.91 Å². The standard InChI is InChI=1S/C26H39F3N4O6/c1-23(2,3)18(32-22(38)39-25(6,7)26(27,28)29)21(37)33-11-13-15(24(13,4)5)16(33)20(36)31-14(10-12-8-9-12)17(34)19(30)35/h12-16,18H,8-11H2,1-7H3,(H2,30,35)(H,31,36)(H,32,38)/t13-,14?,15-,16-,18+/m0/s1. The van der Waals surface area contributed by atoms with Crippen molar-refractivity contribution in [2.75, 3.05) is 6.54 Å². The highest BCUT2D eigenvalue weighted by atomic mass is 19.4. The minimum atomic E-state index is -4.84. The van der Waals surface area contributed by atoms with Crippen molar-refractivity contribution in [1.29, 1.82) is 0 Å². The number of carbonyl (C=O) groups is 5. The number of alkyl carbamates (subject to hydrolysis) is 1. The van der Waals surface area contributed by atoms with Gasteiger partial charge in [0.05, 0.1) is 6.04 Å². The number of carbonyl (C=O) groups excluding carboxylic acids is 5. The zero-order valence-corrected chi connectivity index (χ0v) is 23.4. The third-order valence-corrected chi connectivity index (χ3v) is 8.31. The van der Waals surface area contributed by atoms with Crippen LogP contribution >= 0.6 is 0 Å². The molecule has 0 aromatic carbocycles. The van der Waals surface area contributed by atoms with E-state index >= 15 is 0 Å². The summed E-state index contributed by atoms with van der Waals surface area (Å²) in [6, 6.07) is -3.44. The second kappa shape index (κ2) is 9.96. The number of nitrogens with zero attached hydrogens (tertiary/aromatic N) is 1. The summed E-state index contributed by atoms with van der Waals surface area (Å²) in [6.45, 7) is 10.4. The number of piperidine rings is 1. The fourth-order valence-corrected chi connectivity index (χ4v) is 5.41. The maximum Gasteiger partial charge on any atom is 0.427 e. The van der Waals surface area contributed by atoms with Gasteiger partial charge in [0.1, 0.15) is 12.1 Å². The van der Waals surface area contributed by atoms with E-state index in [0.717, 1.165) is 12.8 Å². The molecule has 1 saturated heterocycles. The van der Waals surface area contributed by atoms with Gasteiger partial charge in [0, 0.05) is 6.54 Å². The van der Waals surface area contributed by atoms with Crippen LogP contribution in [-0.4, -0.2) is 70.9 Å². The van der Waals surface area contributed by atoms with Gasteiger partial charge in [0.2, 0.25) is 23.2 Å². The van der Waals surface area contributed by atoms with E-state index in [2.05, 4.69) is 15.4 Å². The van der Waals surface area contributed by atoms with Crippen LogP contribution in [0.1, 0.15) is 67.7 Å². The van der Waals surface area contributed by atoms with Crippen molar-refractivity contribution in [3.8, 4) is 0 Å². The molecule has 2 saturated carbocycles. The lowest BCUT2D eigenvalue weighted by atomic mass is 9.85. The SMILES string of the molecule is CC(C)(C)[C@H](NC(=O)OC(C)(C)C(F)(F)F)C(=O)N1C[C@H]2[C@@H]([C@H]1C(=O)NC(CC1CC1)C(=O)C(N)=O)C2(C)C. The molecule has 3 rings (SSSR count). The monoisotopic (exact) mass is 560 g/mol. The van der Waals surface area contributed by atoms with E-state index in [-0.39, 0.29) is 36.1 Å². The third kappa shape index (κ3) is 6.32. The maximum absolute atomic E-state index is 13.8. The molecule has 4 N–H and O–H groups in total. The summed E-state index contributed by atoms with van der Waals surface area (Å²) in [5.74, 6) is -3.45. The molecule has 1 heterocycles. The topological polar surface area (TPSA) is 148 Å². The first-order valence-corrected chi connectivity index (χ1v) is 13.1. The molecule has 1 aliphatic heterocycles. The van der Waals surface area contributed by atoms with E-state index in [9.17, 15) is 37.1 Å². The number of amides is 4. The van der Waals surface area contributed by atoms with Gasteiger partial charge in [-0.15, -0.1) is 0 Å². The predicted molar refractivity (Wildman–Crippen MR) is 133 cm³/mol. The Labute approximate surface area is 225 Å². The van der Waals surface area contributed by atoms with Gasteiger partial charge in [-0.1, -0.05) is 47.5 Å². The van der Waals surface area contributed by atoms with E-state index in [1.807, 2.05) is 13.8 Å². The molecule has 0 aromatic heterocycles. The number of ketones is 1. The first-order chi connectivity index (χ1) is 17.6. The predicted octanol–water partition coefficient (Wildman–Crippen LogP) is 2.29. The molecule has 0 bridgehead atoms. The average molecular weight is 561 g/mol. The molecule has 5 atom stereocenters. The van der Waals surface area contributed by atoms with Gasteiger partial charge in [-0.3, -0.25) is 19.2 Å². The van der Waals surface area contributed by atoms with Crippen LogP contribution in [0.2, 0.25) is 0 Å². The van der Waals surface area contributed by atoms with Crippen LogP contribution in [0.4, 0.5) is 18.0 Å². The Hall–Kier alpha value is -2.86. The van der Waals surface area contributed by atoms with Gasteiger partial charge < -0.3 is 26.0 Å². The average Bonchev–Trinajstić information content (AvgIpc) is 3.61. The minimum Gasteiger partial charge on any atom is -0.434 e. The van der Waals surface area contributed by atoms with Crippen LogP contribution in [0.15, 0.2) is 0 Å². The first kappa shape index (κ1) is 30.7. The number of hydrogen-bond donors (Lipinski definition) is 3. The number of Topliss-reactive ketones (excluding diaryl/α,β-unsaturated/α-hetero) is 1. The molecule has 0 spiro atoms. The van der Waals surface area contributed by atoms with Crippen molar-refractivity contribution < 1.29 is 41.9 Å². The third-order valence-electron chi connectivity index (χ3n) is 8.31. The molecule has 220 valence electrons. The fraction of sp³-hybridized carbons (Fsp3) is 0.808. The van der Waals surface area contributed by atoms with E-state index < -0.39 is 64.9 Å². The summed E-state index contributed by atoms with van der Waals surface area (Å²) in [4.78, 5) is 65.2. The molecule has 39 heavy (non-hydrogen) atoms. The molecular formula is C26H39F3N4O6. The lowest BCUT2D eigenvalue weighted by Crippen LogP contribution is -2.61. The number of nitrogens with one attached hydrogen (secondary N) is 2.